The first kappa shape index (κ1) is 21.1. The molecule has 6 heteroatoms. The van der Waals surface area contributed by atoms with E-state index in [9.17, 15) is 4.79 Å². The zero-order valence-electron chi connectivity index (χ0n) is 18.3. The van der Waals surface area contributed by atoms with Crippen LogP contribution in [0, 0.1) is 17.2 Å². The molecule has 4 rings (SSSR count). The van der Waals surface area contributed by atoms with E-state index in [1.54, 1.807) is 13.2 Å². The second kappa shape index (κ2) is 9.36. The smallest absolute Gasteiger partial charge is 0.254 e. The molecule has 0 bridgehead atoms. The van der Waals surface area contributed by atoms with Gasteiger partial charge in [0, 0.05) is 25.5 Å². The molecule has 0 radical (unpaired) electrons. The number of carbonyl (C=O) groups is 1. The van der Waals surface area contributed by atoms with Crippen LogP contribution in [0.1, 0.15) is 77.0 Å². The monoisotopic (exact) mass is 411 g/mol. The Morgan fingerprint density at radius 1 is 1.20 bits per heavy atom. The van der Waals surface area contributed by atoms with Crippen LogP contribution in [0.15, 0.2) is 24.5 Å². The van der Waals surface area contributed by atoms with Crippen LogP contribution in [-0.2, 0) is 4.79 Å². The Morgan fingerprint density at radius 3 is 2.70 bits per heavy atom. The largest absolute Gasteiger partial charge is 0.381 e. The van der Waals surface area contributed by atoms with E-state index >= 15 is 0 Å². The lowest BCUT2D eigenvalue weighted by molar-refractivity contribution is -0.131. The summed E-state index contributed by atoms with van der Waals surface area (Å²) in [6.45, 7) is 0. The molecule has 0 spiro atoms. The third kappa shape index (κ3) is 4.79. The van der Waals surface area contributed by atoms with Gasteiger partial charge in [0.2, 0.25) is 0 Å². The minimum absolute atomic E-state index is 0.102. The average Bonchev–Trinajstić information content (AvgIpc) is 2.98. The van der Waals surface area contributed by atoms with Gasteiger partial charge < -0.3 is 10.6 Å². The number of amides is 1. The van der Waals surface area contributed by atoms with Gasteiger partial charge in [0.25, 0.3) is 5.91 Å². The number of hydrogen-bond donors (Lipinski definition) is 3. The highest BCUT2D eigenvalue weighted by atomic mass is 16.2. The SMILES string of the molecule is CN1C(=N)N[C@](CCC2CCCCC2)(C[C@@H]2CCC[C@H](Nc3cccnc3)C2)C1=O. The summed E-state index contributed by atoms with van der Waals surface area (Å²) in [5, 5.41) is 15.2. The van der Waals surface area contributed by atoms with Gasteiger partial charge in [0.05, 0.1) is 5.69 Å². The van der Waals surface area contributed by atoms with Crippen LogP contribution < -0.4 is 10.6 Å². The summed E-state index contributed by atoms with van der Waals surface area (Å²) in [5.74, 6) is 1.61. The van der Waals surface area contributed by atoms with Crippen LogP contribution >= 0.6 is 0 Å². The fourth-order valence-electron chi connectivity index (χ4n) is 5.91. The van der Waals surface area contributed by atoms with E-state index in [0.717, 1.165) is 43.7 Å². The number of pyridine rings is 1. The molecule has 3 fully saturated rings. The summed E-state index contributed by atoms with van der Waals surface area (Å²) < 4.78 is 0. The number of rotatable bonds is 7. The molecule has 1 aromatic heterocycles. The van der Waals surface area contributed by atoms with Gasteiger partial charge in [-0.05, 0) is 56.1 Å². The van der Waals surface area contributed by atoms with Crippen LogP contribution in [0.3, 0.4) is 0 Å². The highest BCUT2D eigenvalue weighted by Gasteiger charge is 2.49. The Morgan fingerprint density at radius 2 is 2.00 bits per heavy atom. The van der Waals surface area contributed by atoms with Gasteiger partial charge in [-0.25, -0.2) is 0 Å². The van der Waals surface area contributed by atoms with E-state index in [-0.39, 0.29) is 11.9 Å². The predicted octanol–water partition coefficient (Wildman–Crippen LogP) is 4.54. The van der Waals surface area contributed by atoms with Gasteiger partial charge >= 0.3 is 0 Å². The molecule has 2 aliphatic carbocycles. The van der Waals surface area contributed by atoms with Crippen molar-refractivity contribution in [2.75, 3.05) is 12.4 Å². The van der Waals surface area contributed by atoms with E-state index in [4.69, 9.17) is 5.41 Å². The van der Waals surface area contributed by atoms with Crippen LogP contribution in [0.2, 0.25) is 0 Å². The molecule has 30 heavy (non-hydrogen) atoms. The van der Waals surface area contributed by atoms with Gasteiger partial charge in [-0.3, -0.25) is 20.1 Å². The zero-order valence-corrected chi connectivity index (χ0v) is 18.3. The van der Waals surface area contributed by atoms with Crippen molar-refractivity contribution >= 4 is 17.6 Å². The highest BCUT2D eigenvalue weighted by molar-refractivity contribution is 6.07. The Hall–Kier alpha value is -2.11. The van der Waals surface area contributed by atoms with Crippen LogP contribution in [0.5, 0.6) is 0 Å². The minimum atomic E-state index is -0.579. The summed E-state index contributed by atoms with van der Waals surface area (Å²) in [6, 6.07) is 4.46. The van der Waals surface area contributed by atoms with Crippen molar-refractivity contribution in [2.24, 2.45) is 11.8 Å². The molecule has 2 saturated carbocycles. The molecule has 3 N–H and O–H groups in total. The van der Waals surface area contributed by atoms with Crippen molar-refractivity contribution in [1.82, 2.24) is 15.2 Å². The topological polar surface area (TPSA) is 81.1 Å². The zero-order chi connectivity index (χ0) is 21.0. The van der Waals surface area contributed by atoms with Gasteiger partial charge in [-0.1, -0.05) is 44.9 Å². The van der Waals surface area contributed by atoms with E-state index < -0.39 is 5.54 Å². The van der Waals surface area contributed by atoms with Crippen molar-refractivity contribution in [3.63, 3.8) is 0 Å². The van der Waals surface area contributed by atoms with Crippen molar-refractivity contribution in [1.29, 1.82) is 5.41 Å². The van der Waals surface area contributed by atoms with Crippen molar-refractivity contribution in [2.45, 2.75) is 88.6 Å². The van der Waals surface area contributed by atoms with Crippen LogP contribution in [0.4, 0.5) is 5.69 Å². The van der Waals surface area contributed by atoms with E-state index in [1.807, 2.05) is 12.3 Å². The first-order valence-corrected chi connectivity index (χ1v) is 11.9. The molecule has 1 amide bonds. The molecular weight excluding hydrogens is 374 g/mol. The van der Waals surface area contributed by atoms with Crippen molar-refractivity contribution < 1.29 is 4.79 Å². The fourth-order valence-corrected chi connectivity index (χ4v) is 5.91. The third-order valence-corrected chi connectivity index (χ3v) is 7.56. The van der Waals surface area contributed by atoms with Gasteiger partial charge in [0.15, 0.2) is 5.96 Å². The first-order valence-electron chi connectivity index (χ1n) is 11.9. The number of anilines is 1. The second-order valence-corrected chi connectivity index (χ2v) is 9.78. The van der Waals surface area contributed by atoms with E-state index in [1.165, 1.54) is 49.8 Å². The number of carbonyl (C=O) groups excluding carboxylic acids is 1. The Bertz CT molecular complexity index is 732. The number of hydrogen-bond acceptors (Lipinski definition) is 4. The standard InChI is InChI=1S/C24H37N5O/c1-29-22(30)24(28-23(29)25,13-12-18-7-3-2-4-8-18)16-19-9-5-10-20(15-19)27-21-11-6-14-26-17-21/h6,11,14,17-20,27H,2-5,7-10,12-13,15-16H2,1H3,(H2,25,28)/t19-,20+,24-/m1/s1. The molecule has 1 aliphatic heterocycles. The van der Waals surface area contributed by atoms with Gasteiger partial charge in [-0.15, -0.1) is 0 Å². The fraction of sp³-hybridized carbons (Fsp3) is 0.708. The summed E-state index contributed by atoms with van der Waals surface area (Å²) in [5.41, 5.74) is 0.496. The quantitative estimate of drug-likeness (QED) is 0.615. The number of aromatic nitrogens is 1. The van der Waals surface area contributed by atoms with Crippen LogP contribution in [-0.4, -0.2) is 40.4 Å². The lowest BCUT2D eigenvalue weighted by Crippen LogP contribution is -2.49. The number of likely N-dealkylation sites (N-methyl/N-ethyl adjacent to an activating group) is 1. The maximum absolute atomic E-state index is 13.3. The van der Waals surface area contributed by atoms with E-state index in [0.29, 0.717) is 12.0 Å². The molecule has 0 aromatic carbocycles. The Kier molecular flexibility index (Phi) is 6.59. The third-order valence-electron chi connectivity index (χ3n) is 7.56. The molecule has 164 valence electrons. The molecule has 1 aromatic rings. The maximum Gasteiger partial charge on any atom is 0.254 e. The number of nitrogens with zero attached hydrogens (tertiary/aromatic N) is 2. The lowest BCUT2D eigenvalue weighted by Gasteiger charge is -2.37. The Balaban J connectivity index is 1.41. The molecule has 3 atom stereocenters. The predicted molar refractivity (Wildman–Crippen MR) is 120 cm³/mol. The normalized spacial score (nSPS) is 30.4. The molecule has 3 aliphatic rings. The van der Waals surface area contributed by atoms with Gasteiger partial charge in [-0.2, -0.15) is 0 Å². The van der Waals surface area contributed by atoms with E-state index in [2.05, 4.69) is 21.7 Å². The number of nitrogens with one attached hydrogen (secondary N) is 3. The molecule has 6 nitrogen and oxygen atoms in total. The Labute approximate surface area is 180 Å². The minimum Gasteiger partial charge on any atom is -0.381 e. The molecular formula is C24H37N5O. The van der Waals surface area contributed by atoms with Crippen LogP contribution in [0.25, 0.3) is 0 Å². The average molecular weight is 412 g/mol. The molecule has 0 unspecified atom stereocenters. The number of guanidine groups is 1. The summed E-state index contributed by atoms with van der Waals surface area (Å²) >= 11 is 0. The second-order valence-electron chi connectivity index (χ2n) is 9.78. The molecule has 2 heterocycles. The summed E-state index contributed by atoms with van der Waals surface area (Å²) in [6.07, 6.45) is 17.7. The summed E-state index contributed by atoms with van der Waals surface area (Å²) in [7, 11) is 1.74. The van der Waals surface area contributed by atoms with Crippen molar-refractivity contribution in [3.8, 4) is 0 Å². The van der Waals surface area contributed by atoms with Gasteiger partial charge in [0.1, 0.15) is 5.54 Å². The highest BCUT2D eigenvalue weighted by Crippen LogP contribution is 2.38. The first-order chi connectivity index (χ1) is 14.6. The maximum atomic E-state index is 13.3. The molecule has 1 saturated heterocycles. The lowest BCUT2D eigenvalue weighted by atomic mass is 9.74. The summed E-state index contributed by atoms with van der Waals surface area (Å²) in [4.78, 5) is 19.0. The van der Waals surface area contributed by atoms with Crippen molar-refractivity contribution in [3.05, 3.63) is 24.5 Å².